The first-order valence-electron chi connectivity index (χ1n) is 7.24. The second-order valence-corrected chi connectivity index (χ2v) is 5.77. The molecular formula is C16H20O4. The van der Waals surface area contributed by atoms with Crippen molar-refractivity contribution in [3.8, 4) is 5.75 Å². The molecule has 1 aromatic rings. The van der Waals surface area contributed by atoms with Crippen LogP contribution in [0.2, 0.25) is 0 Å². The monoisotopic (exact) mass is 276 g/mol. The van der Waals surface area contributed by atoms with Crippen molar-refractivity contribution in [3.05, 3.63) is 29.8 Å². The van der Waals surface area contributed by atoms with Gasteiger partial charge in [-0.05, 0) is 43.2 Å². The molecule has 0 spiro atoms. The van der Waals surface area contributed by atoms with Crippen LogP contribution in [-0.4, -0.2) is 30.9 Å². The van der Waals surface area contributed by atoms with Crippen LogP contribution in [-0.2, 0) is 9.53 Å². The minimum absolute atomic E-state index is 0.272. The highest BCUT2D eigenvalue weighted by Crippen LogP contribution is 2.45. The highest BCUT2D eigenvalue weighted by Gasteiger charge is 2.43. The first-order chi connectivity index (χ1) is 9.71. The van der Waals surface area contributed by atoms with E-state index in [9.17, 15) is 9.90 Å². The molecule has 4 heteroatoms. The molecule has 108 valence electrons. The average Bonchev–Trinajstić information content (AvgIpc) is 2.48. The molecule has 20 heavy (non-hydrogen) atoms. The fraction of sp³-hybridized carbons (Fsp3) is 0.562. The summed E-state index contributed by atoms with van der Waals surface area (Å²) in [6.45, 7) is 1.78. The Kier molecular flexibility index (Phi) is 3.66. The molecule has 1 atom stereocenters. The molecule has 1 N–H and O–H groups in total. The number of fused-ring (bicyclic) bond motifs is 1. The zero-order valence-corrected chi connectivity index (χ0v) is 11.5. The van der Waals surface area contributed by atoms with Crippen molar-refractivity contribution in [2.75, 3.05) is 19.8 Å². The number of carboxylic acids is 1. The van der Waals surface area contributed by atoms with Crippen molar-refractivity contribution in [3.63, 3.8) is 0 Å². The van der Waals surface area contributed by atoms with Crippen LogP contribution in [0.3, 0.4) is 0 Å². The molecule has 0 aromatic heterocycles. The summed E-state index contributed by atoms with van der Waals surface area (Å²) in [5.41, 5.74) is 0.527. The molecule has 2 aliphatic rings. The molecule has 2 heterocycles. The summed E-state index contributed by atoms with van der Waals surface area (Å²) < 4.78 is 11.0. The van der Waals surface area contributed by atoms with Crippen molar-refractivity contribution >= 4 is 5.97 Å². The molecule has 0 aliphatic carbocycles. The number of hydrogen-bond donors (Lipinski definition) is 1. The number of benzene rings is 1. The average molecular weight is 276 g/mol. The predicted molar refractivity (Wildman–Crippen MR) is 74.0 cm³/mol. The molecule has 0 radical (unpaired) electrons. The SMILES string of the molecule is O=C(O)C1(CC2CCOc3ccccc32)CCOCC1. The van der Waals surface area contributed by atoms with E-state index in [1.165, 1.54) is 0 Å². The van der Waals surface area contributed by atoms with Gasteiger partial charge in [-0.15, -0.1) is 0 Å². The van der Waals surface area contributed by atoms with Crippen molar-refractivity contribution < 1.29 is 19.4 Å². The van der Waals surface area contributed by atoms with Gasteiger partial charge >= 0.3 is 5.97 Å². The lowest BCUT2D eigenvalue weighted by atomic mass is 9.71. The summed E-state index contributed by atoms with van der Waals surface area (Å²) in [6.07, 6.45) is 2.81. The largest absolute Gasteiger partial charge is 0.493 e. The number of para-hydroxylation sites is 1. The number of rotatable bonds is 3. The van der Waals surface area contributed by atoms with Crippen molar-refractivity contribution in [1.82, 2.24) is 0 Å². The molecule has 0 bridgehead atoms. The number of hydrogen-bond acceptors (Lipinski definition) is 3. The second kappa shape index (κ2) is 5.44. The van der Waals surface area contributed by atoms with Gasteiger partial charge in [-0.3, -0.25) is 4.79 Å². The highest BCUT2D eigenvalue weighted by molar-refractivity contribution is 5.75. The Hall–Kier alpha value is -1.55. The lowest BCUT2D eigenvalue weighted by Gasteiger charge is -2.37. The molecule has 1 saturated heterocycles. The van der Waals surface area contributed by atoms with Crippen LogP contribution in [0.1, 0.15) is 37.2 Å². The molecule has 4 nitrogen and oxygen atoms in total. The Morgan fingerprint density at radius 1 is 1.25 bits per heavy atom. The zero-order chi connectivity index (χ0) is 14.0. The molecule has 2 aliphatic heterocycles. The van der Waals surface area contributed by atoms with E-state index in [4.69, 9.17) is 9.47 Å². The predicted octanol–water partition coefficient (Wildman–Crippen LogP) is 2.82. The maximum Gasteiger partial charge on any atom is 0.309 e. The van der Waals surface area contributed by atoms with Crippen LogP contribution in [0.15, 0.2) is 24.3 Å². The number of ether oxygens (including phenoxy) is 2. The molecule has 0 amide bonds. The first-order valence-corrected chi connectivity index (χ1v) is 7.24. The van der Waals surface area contributed by atoms with Gasteiger partial charge < -0.3 is 14.6 Å². The second-order valence-electron chi connectivity index (χ2n) is 5.77. The Morgan fingerprint density at radius 2 is 2.00 bits per heavy atom. The molecule has 1 fully saturated rings. The van der Waals surface area contributed by atoms with Crippen LogP contribution in [0.5, 0.6) is 5.75 Å². The number of carboxylic acid groups (broad SMARTS) is 1. The summed E-state index contributed by atoms with van der Waals surface area (Å²) in [7, 11) is 0. The Balaban J connectivity index is 1.85. The Morgan fingerprint density at radius 3 is 2.75 bits per heavy atom. The van der Waals surface area contributed by atoms with Gasteiger partial charge in [-0.1, -0.05) is 18.2 Å². The third-order valence-corrected chi connectivity index (χ3v) is 4.62. The topological polar surface area (TPSA) is 55.8 Å². The van der Waals surface area contributed by atoms with Gasteiger partial charge in [-0.2, -0.15) is 0 Å². The molecule has 1 unspecified atom stereocenters. The van der Waals surface area contributed by atoms with E-state index in [0.717, 1.165) is 17.7 Å². The molecule has 3 rings (SSSR count). The van der Waals surface area contributed by atoms with E-state index in [1.807, 2.05) is 18.2 Å². The maximum absolute atomic E-state index is 11.8. The van der Waals surface area contributed by atoms with Crippen LogP contribution < -0.4 is 4.74 Å². The maximum atomic E-state index is 11.8. The van der Waals surface area contributed by atoms with E-state index in [-0.39, 0.29) is 5.92 Å². The van der Waals surface area contributed by atoms with Crippen LogP contribution in [0.25, 0.3) is 0 Å². The van der Waals surface area contributed by atoms with E-state index in [2.05, 4.69) is 6.07 Å². The van der Waals surface area contributed by atoms with Gasteiger partial charge in [0.15, 0.2) is 0 Å². The zero-order valence-electron chi connectivity index (χ0n) is 11.5. The van der Waals surface area contributed by atoms with Crippen molar-refractivity contribution in [2.45, 2.75) is 31.6 Å². The number of aliphatic carboxylic acids is 1. The van der Waals surface area contributed by atoms with Gasteiger partial charge in [0, 0.05) is 13.2 Å². The van der Waals surface area contributed by atoms with Gasteiger partial charge in [0.05, 0.1) is 12.0 Å². The summed E-state index contributed by atoms with van der Waals surface area (Å²) >= 11 is 0. The Labute approximate surface area is 118 Å². The van der Waals surface area contributed by atoms with Gasteiger partial charge in [0.1, 0.15) is 5.75 Å². The quantitative estimate of drug-likeness (QED) is 0.922. The Bertz CT molecular complexity index is 491. The minimum Gasteiger partial charge on any atom is -0.493 e. The molecule has 0 saturated carbocycles. The standard InChI is InChI=1S/C16H20O4/c17-15(18)16(6-9-19-10-7-16)11-12-5-8-20-14-4-2-1-3-13(12)14/h1-4,12H,5-11H2,(H,17,18). The summed E-state index contributed by atoms with van der Waals surface area (Å²) in [6, 6.07) is 7.99. The van der Waals surface area contributed by atoms with Crippen molar-refractivity contribution in [1.29, 1.82) is 0 Å². The lowest BCUT2D eigenvalue weighted by Crippen LogP contribution is -2.39. The van der Waals surface area contributed by atoms with Crippen molar-refractivity contribution in [2.24, 2.45) is 5.41 Å². The van der Waals surface area contributed by atoms with E-state index in [1.54, 1.807) is 0 Å². The van der Waals surface area contributed by atoms with E-state index >= 15 is 0 Å². The van der Waals surface area contributed by atoms with E-state index < -0.39 is 11.4 Å². The molecular weight excluding hydrogens is 256 g/mol. The fourth-order valence-corrected chi connectivity index (χ4v) is 3.37. The third kappa shape index (κ3) is 2.40. The van der Waals surface area contributed by atoms with Gasteiger partial charge in [0.2, 0.25) is 0 Å². The fourth-order valence-electron chi connectivity index (χ4n) is 3.37. The van der Waals surface area contributed by atoms with Gasteiger partial charge in [0.25, 0.3) is 0 Å². The summed E-state index contributed by atoms with van der Waals surface area (Å²) in [5.74, 6) is 0.510. The number of carbonyl (C=O) groups is 1. The summed E-state index contributed by atoms with van der Waals surface area (Å²) in [4.78, 5) is 11.8. The smallest absolute Gasteiger partial charge is 0.309 e. The molecule has 1 aromatic carbocycles. The van der Waals surface area contributed by atoms with Crippen LogP contribution >= 0.6 is 0 Å². The normalized spacial score (nSPS) is 24.5. The van der Waals surface area contributed by atoms with Crippen LogP contribution in [0.4, 0.5) is 0 Å². The third-order valence-electron chi connectivity index (χ3n) is 4.62. The van der Waals surface area contributed by atoms with E-state index in [0.29, 0.717) is 39.1 Å². The lowest BCUT2D eigenvalue weighted by molar-refractivity contribution is -0.156. The minimum atomic E-state index is -0.676. The summed E-state index contributed by atoms with van der Waals surface area (Å²) in [5, 5.41) is 9.68. The van der Waals surface area contributed by atoms with Crippen LogP contribution in [0, 0.1) is 5.41 Å². The first kappa shape index (κ1) is 13.4. The highest BCUT2D eigenvalue weighted by atomic mass is 16.5. The van der Waals surface area contributed by atoms with Gasteiger partial charge in [-0.25, -0.2) is 0 Å².